The van der Waals surface area contributed by atoms with E-state index < -0.39 is 15.9 Å². The summed E-state index contributed by atoms with van der Waals surface area (Å²) in [5.74, 6) is -0.860. The van der Waals surface area contributed by atoms with Gasteiger partial charge in [0.25, 0.3) is 15.9 Å². The normalized spacial score (nSPS) is 10.8. The van der Waals surface area contributed by atoms with Gasteiger partial charge in [-0.05, 0) is 42.0 Å². The van der Waals surface area contributed by atoms with Gasteiger partial charge in [0.1, 0.15) is 0 Å². The lowest BCUT2D eigenvalue weighted by Gasteiger charge is -2.10. The molecule has 0 aromatic heterocycles. The summed E-state index contributed by atoms with van der Waals surface area (Å²) in [5, 5.41) is 0. The largest absolute Gasteiger partial charge is 0.280 e. The predicted molar refractivity (Wildman–Crippen MR) is 109 cm³/mol. The van der Waals surface area contributed by atoms with Gasteiger partial charge in [-0.3, -0.25) is 25.2 Å². The van der Waals surface area contributed by atoms with Crippen molar-refractivity contribution in [1.82, 2.24) is 10.9 Å². The van der Waals surface area contributed by atoms with E-state index in [2.05, 4.69) is 15.6 Å². The number of carbonyl (C=O) groups is 2. The first-order valence-corrected chi connectivity index (χ1v) is 10.2. The molecule has 0 bridgehead atoms. The number of anilines is 1. The SMILES string of the molecule is O=C(Cc1ccccc1)NNC(=O)c1ccc(NS(=O)(=O)c2ccccc2)cc1. The van der Waals surface area contributed by atoms with Crippen molar-refractivity contribution in [2.75, 3.05) is 4.72 Å². The Morgan fingerprint density at radius 3 is 1.93 bits per heavy atom. The molecule has 0 saturated carbocycles. The van der Waals surface area contributed by atoms with Crippen molar-refractivity contribution < 1.29 is 18.0 Å². The molecular formula is C21H19N3O4S. The summed E-state index contributed by atoms with van der Waals surface area (Å²) in [6, 6.07) is 23.0. The van der Waals surface area contributed by atoms with Crippen molar-refractivity contribution in [1.29, 1.82) is 0 Å². The minimum absolute atomic E-state index is 0.140. The summed E-state index contributed by atoms with van der Waals surface area (Å²) >= 11 is 0. The lowest BCUT2D eigenvalue weighted by Crippen LogP contribution is -2.42. The van der Waals surface area contributed by atoms with Gasteiger partial charge in [0.05, 0.1) is 11.3 Å². The molecule has 0 unspecified atom stereocenters. The molecule has 0 aliphatic carbocycles. The van der Waals surface area contributed by atoms with Gasteiger partial charge in [0.15, 0.2) is 0 Å². The highest BCUT2D eigenvalue weighted by Gasteiger charge is 2.14. The van der Waals surface area contributed by atoms with Crippen molar-refractivity contribution in [3.8, 4) is 0 Å². The number of amides is 2. The second kappa shape index (κ2) is 9.03. The third-order valence-electron chi connectivity index (χ3n) is 3.98. The summed E-state index contributed by atoms with van der Waals surface area (Å²) in [6.07, 6.45) is 0.140. The summed E-state index contributed by atoms with van der Waals surface area (Å²) in [6.45, 7) is 0. The fourth-order valence-corrected chi connectivity index (χ4v) is 3.61. The molecule has 0 aliphatic rings. The first-order valence-electron chi connectivity index (χ1n) is 8.75. The second-order valence-corrected chi connectivity index (χ2v) is 7.84. The average molecular weight is 409 g/mol. The molecule has 0 saturated heterocycles. The van der Waals surface area contributed by atoms with Crippen LogP contribution in [0.1, 0.15) is 15.9 Å². The Morgan fingerprint density at radius 2 is 1.31 bits per heavy atom. The fourth-order valence-electron chi connectivity index (χ4n) is 2.53. The molecule has 2 amide bonds. The van der Waals surface area contributed by atoms with Gasteiger partial charge in [0, 0.05) is 11.3 Å². The van der Waals surface area contributed by atoms with Gasteiger partial charge in [0.2, 0.25) is 5.91 Å². The predicted octanol–water partition coefficient (Wildman–Crippen LogP) is 2.49. The van der Waals surface area contributed by atoms with Crippen LogP contribution in [0.2, 0.25) is 0 Å². The van der Waals surface area contributed by atoms with Crippen LogP contribution in [0, 0.1) is 0 Å². The molecule has 29 heavy (non-hydrogen) atoms. The first-order chi connectivity index (χ1) is 13.9. The van der Waals surface area contributed by atoms with Crippen LogP contribution in [0.3, 0.4) is 0 Å². The number of hydrogen-bond donors (Lipinski definition) is 3. The number of sulfonamides is 1. The number of nitrogens with one attached hydrogen (secondary N) is 3. The van der Waals surface area contributed by atoms with Crippen LogP contribution in [-0.2, 0) is 21.2 Å². The van der Waals surface area contributed by atoms with E-state index in [1.54, 1.807) is 18.2 Å². The van der Waals surface area contributed by atoms with E-state index in [-0.39, 0.29) is 22.8 Å². The Bertz CT molecular complexity index is 1080. The van der Waals surface area contributed by atoms with Gasteiger partial charge >= 0.3 is 0 Å². The summed E-state index contributed by atoms with van der Waals surface area (Å²) in [7, 11) is -3.71. The van der Waals surface area contributed by atoms with Crippen LogP contribution in [0.15, 0.2) is 89.8 Å². The lowest BCUT2D eigenvalue weighted by atomic mass is 10.1. The van der Waals surface area contributed by atoms with Crippen LogP contribution in [-0.4, -0.2) is 20.2 Å². The topological polar surface area (TPSA) is 104 Å². The maximum absolute atomic E-state index is 12.3. The van der Waals surface area contributed by atoms with E-state index in [0.717, 1.165) is 5.56 Å². The molecule has 0 spiro atoms. The molecule has 0 heterocycles. The lowest BCUT2D eigenvalue weighted by molar-refractivity contribution is -0.121. The summed E-state index contributed by atoms with van der Waals surface area (Å²) in [4.78, 5) is 24.2. The van der Waals surface area contributed by atoms with Crippen molar-refractivity contribution in [2.45, 2.75) is 11.3 Å². The van der Waals surface area contributed by atoms with E-state index in [4.69, 9.17) is 0 Å². The fraction of sp³-hybridized carbons (Fsp3) is 0.0476. The van der Waals surface area contributed by atoms with E-state index >= 15 is 0 Å². The third kappa shape index (κ3) is 5.66. The highest BCUT2D eigenvalue weighted by molar-refractivity contribution is 7.92. The van der Waals surface area contributed by atoms with E-state index in [0.29, 0.717) is 5.69 Å². The highest BCUT2D eigenvalue weighted by Crippen LogP contribution is 2.16. The number of rotatable bonds is 6. The van der Waals surface area contributed by atoms with E-state index in [9.17, 15) is 18.0 Å². The maximum Gasteiger partial charge on any atom is 0.269 e. The Kier molecular flexibility index (Phi) is 6.25. The summed E-state index contributed by atoms with van der Waals surface area (Å²) < 4.78 is 27.1. The molecule has 0 atom stereocenters. The summed E-state index contributed by atoms with van der Waals surface area (Å²) in [5.41, 5.74) is 6.11. The smallest absolute Gasteiger partial charge is 0.269 e. The van der Waals surface area contributed by atoms with Crippen molar-refractivity contribution >= 4 is 27.5 Å². The molecule has 3 aromatic rings. The molecule has 0 aliphatic heterocycles. The van der Waals surface area contributed by atoms with Gasteiger partial charge in [-0.1, -0.05) is 48.5 Å². The minimum atomic E-state index is -3.71. The third-order valence-corrected chi connectivity index (χ3v) is 5.37. The second-order valence-electron chi connectivity index (χ2n) is 6.16. The van der Waals surface area contributed by atoms with Gasteiger partial charge in [-0.15, -0.1) is 0 Å². The first kappa shape index (κ1) is 20.1. The van der Waals surface area contributed by atoms with Crippen LogP contribution in [0.5, 0.6) is 0 Å². The van der Waals surface area contributed by atoms with Gasteiger partial charge < -0.3 is 0 Å². The molecule has 3 aromatic carbocycles. The molecule has 8 heteroatoms. The van der Waals surface area contributed by atoms with Crippen molar-refractivity contribution in [2.24, 2.45) is 0 Å². The zero-order chi connectivity index (χ0) is 20.7. The Balaban J connectivity index is 1.55. The van der Waals surface area contributed by atoms with Crippen LogP contribution >= 0.6 is 0 Å². The molecule has 7 nitrogen and oxygen atoms in total. The molecule has 0 fully saturated rings. The molecular weight excluding hydrogens is 390 g/mol. The van der Waals surface area contributed by atoms with Crippen LogP contribution in [0.4, 0.5) is 5.69 Å². The number of carbonyl (C=O) groups excluding carboxylic acids is 2. The number of benzene rings is 3. The quantitative estimate of drug-likeness (QED) is 0.544. The molecule has 0 radical (unpaired) electrons. The van der Waals surface area contributed by atoms with E-state index in [1.807, 2.05) is 30.3 Å². The average Bonchev–Trinajstić information content (AvgIpc) is 2.74. The van der Waals surface area contributed by atoms with E-state index in [1.165, 1.54) is 36.4 Å². The highest BCUT2D eigenvalue weighted by atomic mass is 32.2. The van der Waals surface area contributed by atoms with Crippen molar-refractivity contribution in [3.63, 3.8) is 0 Å². The van der Waals surface area contributed by atoms with Gasteiger partial charge in [-0.25, -0.2) is 8.42 Å². The number of hydrogen-bond acceptors (Lipinski definition) is 4. The van der Waals surface area contributed by atoms with Crippen LogP contribution in [0.25, 0.3) is 0 Å². The molecule has 148 valence electrons. The van der Waals surface area contributed by atoms with Gasteiger partial charge in [-0.2, -0.15) is 0 Å². The van der Waals surface area contributed by atoms with Crippen LogP contribution < -0.4 is 15.6 Å². The number of hydrazine groups is 1. The monoisotopic (exact) mass is 409 g/mol. The zero-order valence-corrected chi connectivity index (χ0v) is 16.1. The maximum atomic E-state index is 12.3. The Morgan fingerprint density at radius 1 is 0.724 bits per heavy atom. The Labute approximate surface area is 168 Å². The standard InChI is InChI=1S/C21H19N3O4S/c25-20(15-16-7-3-1-4-8-16)22-23-21(26)17-11-13-18(14-12-17)24-29(27,28)19-9-5-2-6-10-19/h1-14,24H,15H2,(H,22,25)(H,23,26). The minimum Gasteiger partial charge on any atom is -0.280 e. The molecule has 3 N–H and O–H groups in total. The Hall–Kier alpha value is -3.65. The molecule has 3 rings (SSSR count). The van der Waals surface area contributed by atoms with Crippen molar-refractivity contribution in [3.05, 3.63) is 96.1 Å². The zero-order valence-electron chi connectivity index (χ0n) is 15.3.